The minimum atomic E-state index is 0.193. The van der Waals surface area contributed by atoms with Crippen molar-refractivity contribution in [3.05, 3.63) is 29.8 Å². The molecule has 1 aromatic rings. The summed E-state index contributed by atoms with van der Waals surface area (Å²) < 4.78 is 5.38. The molecule has 2 nitrogen and oxygen atoms in total. The first-order valence-corrected chi connectivity index (χ1v) is 12.5. The zero-order chi connectivity index (χ0) is 21.1. The average Bonchev–Trinajstić information content (AvgIpc) is 3.09. The Morgan fingerprint density at radius 3 is 2.53 bits per heavy atom. The van der Waals surface area contributed by atoms with Crippen molar-refractivity contribution in [2.45, 2.75) is 78.6 Å². The molecule has 4 saturated carbocycles. The van der Waals surface area contributed by atoms with Crippen molar-refractivity contribution in [1.29, 1.82) is 0 Å². The molecule has 0 heterocycles. The van der Waals surface area contributed by atoms with Crippen LogP contribution in [0.5, 0.6) is 5.75 Å². The van der Waals surface area contributed by atoms with Crippen molar-refractivity contribution in [2.75, 3.05) is 7.11 Å². The summed E-state index contributed by atoms with van der Waals surface area (Å²) in [7, 11) is 1.68. The molecular weight excluding hydrogens is 368 g/mol. The van der Waals surface area contributed by atoms with Gasteiger partial charge in [0.15, 0.2) is 5.78 Å². The number of hydrogen-bond acceptors (Lipinski definition) is 2. The molecule has 0 aliphatic heterocycles. The Morgan fingerprint density at radius 2 is 1.73 bits per heavy atom. The lowest BCUT2D eigenvalue weighted by Gasteiger charge is -2.57. The van der Waals surface area contributed by atoms with E-state index in [0.29, 0.717) is 11.2 Å². The summed E-state index contributed by atoms with van der Waals surface area (Å²) in [5.41, 5.74) is 1.60. The van der Waals surface area contributed by atoms with Crippen LogP contribution < -0.4 is 4.74 Å². The van der Waals surface area contributed by atoms with Crippen LogP contribution in [0.3, 0.4) is 0 Å². The van der Waals surface area contributed by atoms with Gasteiger partial charge in [-0.05, 0) is 110 Å². The van der Waals surface area contributed by atoms with Gasteiger partial charge in [-0.1, -0.05) is 32.9 Å². The van der Waals surface area contributed by atoms with Crippen molar-refractivity contribution in [3.8, 4) is 5.75 Å². The van der Waals surface area contributed by atoms with Crippen molar-refractivity contribution in [2.24, 2.45) is 46.3 Å². The first kappa shape index (κ1) is 20.6. The van der Waals surface area contributed by atoms with Crippen LogP contribution in [0.25, 0.3) is 0 Å². The van der Waals surface area contributed by atoms with Gasteiger partial charge in [-0.2, -0.15) is 0 Å². The Balaban J connectivity index is 1.36. The maximum atomic E-state index is 13.6. The number of ketones is 1. The smallest absolute Gasteiger partial charge is 0.166 e. The molecule has 7 atom stereocenters. The highest BCUT2D eigenvalue weighted by molar-refractivity contribution is 5.99. The molecular formula is C28H40O2. The normalized spacial score (nSPS) is 42.0. The Kier molecular flexibility index (Phi) is 5.07. The lowest BCUT2D eigenvalue weighted by molar-refractivity contribution is -0.0726. The van der Waals surface area contributed by atoms with Crippen LogP contribution in [-0.4, -0.2) is 12.9 Å². The van der Waals surface area contributed by atoms with Crippen LogP contribution in [0.2, 0.25) is 0 Å². The number of fused-ring (bicyclic) bond motifs is 5. The third-order valence-corrected chi connectivity index (χ3v) is 10.2. The Labute approximate surface area is 183 Å². The first-order valence-electron chi connectivity index (χ1n) is 12.5. The molecule has 30 heavy (non-hydrogen) atoms. The highest BCUT2D eigenvalue weighted by atomic mass is 16.5. The molecule has 2 heteroatoms. The molecule has 0 aromatic heterocycles. The van der Waals surface area contributed by atoms with Gasteiger partial charge in [0.25, 0.3) is 0 Å². The molecule has 4 aliphatic carbocycles. The van der Waals surface area contributed by atoms with E-state index in [2.05, 4.69) is 20.8 Å². The van der Waals surface area contributed by atoms with E-state index >= 15 is 0 Å². The largest absolute Gasteiger partial charge is 0.497 e. The van der Waals surface area contributed by atoms with Crippen LogP contribution in [0.15, 0.2) is 24.3 Å². The van der Waals surface area contributed by atoms with E-state index in [0.717, 1.165) is 47.3 Å². The molecule has 0 amide bonds. The second-order valence-corrected chi connectivity index (χ2v) is 12.1. The highest BCUT2D eigenvalue weighted by Crippen LogP contribution is 2.65. The van der Waals surface area contributed by atoms with Crippen molar-refractivity contribution in [1.82, 2.24) is 0 Å². The van der Waals surface area contributed by atoms with Gasteiger partial charge in [0, 0.05) is 11.5 Å². The monoisotopic (exact) mass is 408 g/mol. The molecule has 4 fully saturated rings. The van der Waals surface area contributed by atoms with Crippen LogP contribution in [0.1, 0.15) is 88.9 Å². The summed E-state index contributed by atoms with van der Waals surface area (Å²) in [5.74, 6) is 5.85. The molecule has 0 radical (unpaired) electrons. The van der Waals surface area contributed by atoms with Crippen LogP contribution in [0, 0.1) is 46.3 Å². The predicted octanol–water partition coefficient (Wildman–Crippen LogP) is 7.17. The van der Waals surface area contributed by atoms with Crippen LogP contribution >= 0.6 is 0 Å². The van der Waals surface area contributed by atoms with Gasteiger partial charge in [0.1, 0.15) is 5.75 Å². The fraction of sp³-hybridized carbons (Fsp3) is 0.750. The van der Waals surface area contributed by atoms with E-state index in [1.54, 1.807) is 7.11 Å². The maximum absolute atomic E-state index is 13.6. The van der Waals surface area contributed by atoms with Gasteiger partial charge in [0.2, 0.25) is 0 Å². The van der Waals surface area contributed by atoms with Gasteiger partial charge < -0.3 is 4.74 Å². The zero-order valence-electron chi connectivity index (χ0n) is 19.5. The molecule has 0 saturated heterocycles. The number of Topliss-reactive ketones (excluding diaryl/α,β-unsaturated/α-hetero) is 1. The molecule has 0 unspecified atom stereocenters. The van der Waals surface area contributed by atoms with E-state index in [9.17, 15) is 4.79 Å². The van der Waals surface area contributed by atoms with Gasteiger partial charge in [-0.3, -0.25) is 4.79 Å². The number of hydrogen-bond donors (Lipinski definition) is 0. The Morgan fingerprint density at radius 1 is 0.933 bits per heavy atom. The fourth-order valence-corrected chi connectivity index (χ4v) is 8.71. The van der Waals surface area contributed by atoms with Crippen molar-refractivity contribution in [3.63, 3.8) is 0 Å². The summed E-state index contributed by atoms with van der Waals surface area (Å²) in [6, 6.07) is 7.83. The molecule has 0 N–H and O–H groups in total. The van der Waals surface area contributed by atoms with E-state index in [-0.39, 0.29) is 11.3 Å². The summed E-state index contributed by atoms with van der Waals surface area (Å²) in [6.45, 7) is 7.44. The quantitative estimate of drug-likeness (QED) is 0.495. The molecule has 4 aliphatic rings. The maximum Gasteiger partial charge on any atom is 0.166 e. The Bertz CT molecular complexity index is 811. The van der Waals surface area contributed by atoms with Crippen molar-refractivity contribution < 1.29 is 9.53 Å². The lowest BCUT2D eigenvalue weighted by Crippen LogP contribution is -2.50. The number of carbonyl (C=O) groups excluding carboxylic acids is 1. The summed E-state index contributed by atoms with van der Waals surface area (Å²) >= 11 is 0. The van der Waals surface area contributed by atoms with Gasteiger partial charge in [0.05, 0.1) is 7.11 Å². The van der Waals surface area contributed by atoms with E-state index in [1.165, 1.54) is 51.4 Å². The highest BCUT2D eigenvalue weighted by Gasteiger charge is 2.58. The number of benzene rings is 1. The minimum Gasteiger partial charge on any atom is -0.497 e. The fourth-order valence-electron chi connectivity index (χ4n) is 8.71. The molecule has 1 aromatic carbocycles. The van der Waals surface area contributed by atoms with Crippen LogP contribution in [-0.2, 0) is 0 Å². The Hall–Kier alpha value is -1.31. The van der Waals surface area contributed by atoms with Gasteiger partial charge in [-0.25, -0.2) is 0 Å². The predicted molar refractivity (Wildman–Crippen MR) is 122 cm³/mol. The topological polar surface area (TPSA) is 26.3 Å². The summed E-state index contributed by atoms with van der Waals surface area (Å²) in [5, 5.41) is 0. The summed E-state index contributed by atoms with van der Waals surface area (Å²) in [4.78, 5) is 13.6. The molecule has 0 spiro atoms. The van der Waals surface area contributed by atoms with E-state index < -0.39 is 0 Å². The SMILES string of the molecule is COc1cccc(C(=O)[C@H]2CC[C@H]3[C@@H]4CC[C@@H]5CC(C)(C)CC[C@@H]5[C@H]4CC[C@]23C)c1. The first-order chi connectivity index (χ1) is 14.3. The summed E-state index contributed by atoms with van der Waals surface area (Å²) in [6.07, 6.45) is 12.1. The number of rotatable bonds is 3. The number of methoxy groups -OCH3 is 1. The minimum absolute atomic E-state index is 0.193. The second-order valence-electron chi connectivity index (χ2n) is 12.1. The van der Waals surface area contributed by atoms with E-state index in [4.69, 9.17) is 4.74 Å². The average molecular weight is 409 g/mol. The van der Waals surface area contributed by atoms with Gasteiger partial charge in [-0.15, -0.1) is 0 Å². The van der Waals surface area contributed by atoms with Gasteiger partial charge >= 0.3 is 0 Å². The number of carbonyl (C=O) groups is 1. The lowest BCUT2D eigenvalue weighted by atomic mass is 9.48. The molecule has 0 bridgehead atoms. The molecule has 164 valence electrons. The number of ether oxygens (including phenoxy) is 1. The van der Waals surface area contributed by atoms with Crippen LogP contribution in [0.4, 0.5) is 0 Å². The third-order valence-electron chi connectivity index (χ3n) is 10.2. The third kappa shape index (κ3) is 3.24. The van der Waals surface area contributed by atoms with E-state index in [1.807, 2.05) is 24.3 Å². The second kappa shape index (κ2) is 7.38. The molecule has 5 rings (SSSR count). The zero-order valence-corrected chi connectivity index (χ0v) is 19.5. The van der Waals surface area contributed by atoms with Crippen molar-refractivity contribution >= 4 is 5.78 Å². The standard InChI is InChI=1S/C28H40O2/c1-27(2)14-12-21-19(17-27)8-9-23-22(21)13-15-28(3)24(23)10-11-25(28)26(29)18-6-5-7-20(16-18)30-4/h5-7,16,19,21-25H,8-15,17H2,1-4H3/t19-,21+,22-,23-,24+,25-,28+/m1/s1.